The minimum absolute atomic E-state index is 0.0379. The molecule has 0 radical (unpaired) electrons. The van der Waals surface area contributed by atoms with Gasteiger partial charge in [0, 0.05) is 10.9 Å². The summed E-state index contributed by atoms with van der Waals surface area (Å²) in [6, 6.07) is 3.59. The molecule has 0 amide bonds. The van der Waals surface area contributed by atoms with Crippen molar-refractivity contribution >= 4 is 10.9 Å². The van der Waals surface area contributed by atoms with E-state index in [2.05, 4.69) is 4.98 Å². The number of H-pyrrole nitrogens is 1. The zero-order chi connectivity index (χ0) is 16.9. The summed E-state index contributed by atoms with van der Waals surface area (Å²) in [6.07, 6.45) is -9.84. The Hall–Kier alpha value is -2.21. The summed E-state index contributed by atoms with van der Waals surface area (Å²) in [6.45, 7) is 0.480. The summed E-state index contributed by atoms with van der Waals surface area (Å²) in [4.78, 5) is 2.13. The van der Waals surface area contributed by atoms with E-state index >= 15 is 0 Å². The number of hydrogen-bond donors (Lipinski definition) is 2. The van der Waals surface area contributed by atoms with Gasteiger partial charge < -0.3 is 10.1 Å². The van der Waals surface area contributed by atoms with E-state index < -0.39 is 34.8 Å². The molecule has 0 spiro atoms. The normalized spacial score (nSPS) is 15.6. The maximum atomic E-state index is 12.8. The molecule has 1 atom stereocenters. The van der Waals surface area contributed by atoms with E-state index in [1.165, 1.54) is 6.07 Å². The molecule has 0 saturated carbocycles. The molecular formula is C13H8F6N2O. The van der Waals surface area contributed by atoms with E-state index in [1.54, 1.807) is 0 Å². The molecule has 2 aromatic rings. The lowest BCUT2D eigenvalue weighted by atomic mass is 10.0. The summed E-state index contributed by atoms with van der Waals surface area (Å²) in [5.74, 6) is 0. The average molecular weight is 322 g/mol. The van der Waals surface area contributed by atoms with Gasteiger partial charge in [-0.2, -0.15) is 31.6 Å². The molecule has 118 valence electrons. The van der Waals surface area contributed by atoms with Crippen LogP contribution in [0.5, 0.6) is 0 Å². The van der Waals surface area contributed by atoms with Crippen LogP contribution in [0.3, 0.4) is 0 Å². The maximum Gasteiger partial charge on any atom is 0.422 e. The number of benzene rings is 1. The summed E-state index contributed by atoms with van der Waals surface area (Å²) in [5, 5.41) is 18.2. The first-order valence-corrected chi connectivity index (χ1v) is 5.81. The molecule has 3 nitrogen and oxygen atoms in total. The van der Waals surface area contributed by atoms with Gasteiger partial charge in [0.15, 0.2) is 5.60 Å². The van der Waals surface area contributed by atoms with Crippen LogP contribution < -0.4 is 0 Å². The predicted molar refractivity (Wildman–Crippen MR) is 63.6 cm³/mol. The van der Waals surface area contributed by atoms with Gasteiger partial charge in [0.2, 0.25) is 0 Å². The van der Waals surface area contributed by atoms with Gasteiger partial charge in [-0.25, -0.2) is 0 Å². The fourth-order valence-corrected chi connectivity index (χ4v) is 1.92. The topological polar surface area (TPSA) is 59.8 Å². The van der Waals surface area contributed by atoms with Gasteiger partial charge in [-0.15, -0.1) is 0 Å². The van der Waals surface area contributed by atoms with E-state index in [0.717, 1.165) is 12.1 Å². The van der Waals surface area contributed by atoms with Crippen LogP contribution in [-0.4, -0.2) is 16.3 Å². The Morgan fingerprint density at radius 1 is 1.09 bits per heavy atom. The molecule has 0 aliphatic rings. The Labute approximate surface area is 119 Å². The van der Waals surface area contributed by atoms with Crippen LogP contribution in [0.15, 0.2) is 18.2 Å². The number of nitriles is 1. The van der Waals surface area contributed by atoms with Crippen LogP contribution in [0.4, 0.5) is 26.3 Å². The highest BCUT2D eigenvalue weighted by Crippen LogP contribution is 2.40. The van der Waals surface area contributed by atoms with Gasteiger partial charge in [-0.3, -0.25) is 0 Å². The number of alkyl halides is 6. The van der Waals surface area contributed by atoms with Crippen molar-refractivity contribution in [3.8, 4) is 6.07 Å². The van der Waals surface area contributed by atoms with Gasteiger partial charge in [-0.05, 0) is 25.1 Å². The zero-order valence-corrected chi connectivity index (χ0v) is 10.9. The van der Waals surface area contributed by atoms with Crippen LogP contribution in [0.2, 0.25) is 0 Å². The van der Waals surface area contributed by atoms with Crippen molar-refractivity contribution in [1.82, 2.24) is 4.98 Å². The molecular weight excluding hydrogens is 314 g/mol. The van der Waals surface area contributed by atoms with Crippen molar-refractivity contribution in [2.24, 2.45) is 0 Å². The monoisotopic (exact) mass is 322 g/mol. The van der Waals surface area contributed by atoms with E-state index in [-0.39, 0.29) is 10.9 Å². The average Bonchev–Trinajstić information content (AvgIpc) is 2.77. The zero-order valence-electron chi connectivity index (χ0n) is 10.9. The minimum Gasteiger partial charge on any atom is -0.375 e. The van der Waals surface area contributed by atoms with E-state index in [9.17, 15) is 31.4 Å². The Balaban J connectivity index is 2.69. The molecule has 9 heteroatoms. The smallest absolute Gasteiger partial charge is 0.375 e. The van der Waals surface area contributed by atoms with Crippen molar-refractivity contribution in [3.05, 3.63) is 35.0 Å². The van der Waals surface area contributed by atoms with Crippen LogP contribution in [0.25, 0.3) is 10.9 Å². The van der Waals surface area contributed by atoms with E-state index in [0.29, 0.717) is 13.0 Å². The highest BCUT2D eigenvalue weighted by molar-refractivity contribution is 5.83. The third-order valence-electron chi connectivity index (χ3n) is 3.26. The molecule has 1 aromatic carbocycles. The molecule has 2 N–H and O–H groups in total. The highest BCUT2D eigenvalue weighted by Gasteiger charge is 2.52. The first kappa shape index (κ1) is 16.2. The van der Waals surface area contributed by atoms with Crippen LogP contribution >= 0.6 is 0 Å². The lowest BCUT2D eigenvalue weighted by molar-refractivity contribution is -0.260. The molecule has 0 bridgehead atoms. The molecule has 22 heavy (non-hydrogen) atoms. The fourth-order valence-electron chi connectivity index (χ4n) is 1.92. The number of aromatic amines is 1. The van der Waals surface area contributed by atoms with Crippen LogP contribution in [0, 0.1) is 11.3 Å². The van der Waals surface area contributed by atoms with Gasteiger partial charge >= 0.3 is 12.4 Å². The minimum atomic E-state index is -5.02. The Morgan fingerprint density at radius 2 is 1.68 bits per heavy atom. The molecule has 0 aliphatic heterocycles. The van der Waals surface area contributed by atoms with Crippen LogP contribution in [0.1, 0.15) is 23.7 Å². The molecule has 0 fully saturated rings. The molecule has 0 unspecified atom stereocenters. The van der Waals surface area contributed by atoms with Crippen molar-refractivity contribution in [1.29, 1.82) is 5.26 Å². The number of hydrogen-bond acceptors (Lipinski definition) is 2. The number of nitrogens with zero attached hydrogens (tertiary/aromatic N) is 1. The van der Waals surface area contributed by atoms with E-state index in [4.69, 9.17) is 5.26 Å². The second-order valence-electron chi connectivity index (χ2n) is 4.85. The lowest BCUT2D eigenvalue weighted by Gasteiger charge is -2.24. The summed E-state index contributed by atoms with van der Waals surface area (Å²) >= 11 is 0. The molecule has 0 saturated heterocycles. The first-order chi connectivity index (χ1) is 9.88. The third kappa shape index (κ3) is 2.50. The number of nitrogens with one attached hydrogen (secondary N) is 1. The van der Waals surface area contributed by atoms with Gasteiger partial charge in [-0.1, -0.05) is 0 Å². The van der Waals surface area contributed by atoms with Gasteiger partial charge in [0.1, 0.15) is 0 Å². The summed E-state index contributed by atoms with van der Waals surface area (Å²) in [5.41, 5.74) is -6.19. The fraction of sp³-hybridized carbons (Fsp3) is 0.308. The van der Waals surface area contributed by atoms with E-state index in [1.807, 2.05) is 0 Å². The summed E-state index contributed by atoms with van der Waals surface area (Å²) in [7, 11) is 0. The second-order valence-corrected chi connectivity index (χ2v) is 4.85. The number of rotatable bonds is 1. The molecule has 1 aromatic heterocycles. The highest BCUT2D eigenvalue weighted by atomic mass is 19.4. The Bertz CT molecular complexity index is 764. The van der Waals surface area contributed by atoms with Crippen molar-refractivity contribution in [2.45, 2.75) is 24.9 Å². The molecule has 2 rings (SSSR count). The first-order valence-electron chi connectivity index (χ1n) is 5.81. The molecule has 1 heterocycles. The maximum absolute atomic E-state index is 12.8. The quantitative estimate of drug-likeness (QED) is 0.784. The number of fused-ring (bicyclic) bond motifs is 1. The standard InChI is InChI=1S/C13H8F6N2O/c1-11(22,13(17,18)19)10-3-6-2-7(5-20)8(12(14,15)16)4-9(6)21-10/h2-4,21-22H,1H3/t11-/m0/s1. The lowest BCUT2D eigenvalue weighted by Crippen LogP contribution is -2.39. The van der Waals surface area contributed by atoms with Crippen molar-refractivity contribution in [3.63, 3.8) is 0 Å². The largest absolute Gasteiger partial charge is 0.422 e. The predicted octanol–water partition coefficient (Wildman–Crippen LogP) is 3.83. The van der Waals surface area contributed by atoms with Crippen molar-refractivity contribution < 1.29 is 31.4 Å². The number of aliphatic hydroxyl groups is 1. The number of aromatic nitrogens is 1. The van der Waals surface area contributed by atoms with Gasteiger partial charge in [0.25, 0.3) is 0 Å². The molecule has 0 aliphatic carbocycles. The third-order valence-corrected chi connectivity index (χ3v) is 3.26. The van der Waals surface area contributed by atoms with Gasteiger partial charge in [0.05, 0.1) is 22.9 Å². The second kappa shape index (κ2) is 4.64. The van der Waals surface area contributed by atoms with Crippen molar-refractivity contribution in [2.75, 3.05) is 0 Å². The Kier molecular flexibility index (Phi) is 3.41. The van der Waals surface area contributed by atoms with Crippen LogP contribution in [-0.2, 0) is 11.8 Å². The summed E-state index contributed by atoms with van der Waals surface area (Å²) < 4.78 is 76.7. The Morgan fingerprint density at radius 3 is 2.14 bits per heavy atom. The SMILES string of the molecule is C[C@](O)(c1cc2cc(C#N)c(C(F)(F)F)cc2[nH]1)C(F)(F)F. The number of halogens is 6.